The maximum Gasteiger partial charge on any atom is 0.325 e. The van der Waals surface area contributed by atoms with Crippen LogP contribution < -0.4 is 5.32 Å². The summed E-state index contributed by atoms with van der Waals surface area (Å²) < 4.78 is 0. The minimum Gasteiger partial charge on any atom is -0.314 e. The Hall–Kier alpha value is -1.25. The third kappa shape index (κ3) is 1.32. The van der Waals surface area contributed by atoms with Crippen molar-refractivity contribution in [3.63, 3.8) is 0 Å². The van der Waals surface area contributed by atoms with Gasteiger partial charge in [-0.15, -0.1) is 0 Å². The Morgan fingerprint density at radius 3 is 3.11 bits per heavy atom. The smallest absolute Gasteiger partial charge is 0.314 e. The lowest BCUT2D eigenvalue weighted by molar-refractivity contribution is 0.226. The predicted octanol–water partition coefficient (Wildman–Crippen LogP) is 0.669. The molecule has 0 aliphatic carbocycles. The first-order chi connectivity index (χ1) is 4.30. The summed E-state index contributed by atoms with van der Waals surface area (Å²) in [5, 5.41) is 2.54. The molecule has 0 spiro atoms. The van der Waals surface area contributed by atoms with E-state index in [-0.39, 0.29) is 6.03 Å². The third-order valence-electron chi connectivity index (χ3n) is 1.04. The van der Waals surface area contributed by atoms with Crippen LogP contribution in [0.3, 0.4) is 0 Å². The molecule has 1 N–H and O–H groups in total. The summed E-state index contributed by atoms with van der Waals surface area (Å²) in [6.45, 7) is 0. The number of hydrogen-bond acceptors (Lipinski definition) is 1. The van der Waals surface area contributed by atoms with Crippen molar-refractivity contribution < 1.29 is 4.79 Å². The number of allylic oxidation sites excluding steroid dienone is 2. The molecule has 0 saturated carbocycles. The fourth-order valence-electron chi connectivity index (χ4n) is 0.523. The van der Waals surface area contributed by atoms with Crippen LogP contribution in [0.2, 0.25) is 0 Å². The number of carbonyl (C=O) groups is 1. The molecular formula is C6H8N2O. The molecule has 0 bridgehead atoms. The molecule has 1 rings (SSSR count). The molecule has 0 radical (unpaired) electrons. The molecule has 3 heteroatoms. The van der Waals surface area contributed by atoms with Gasteiger partial charge in [0.05, 0.1) is 0 Å². The van der Waals surface area contributed by atoms with Crippen molar-refractivity contribution in [3.05, 3.63) is 24.6 Å². The minimum atomic E-state index is -0.111. The Balaban J connectivity index is 2.69. The van der Waals surface area contributed by atoms with Crippen LogP contribution in [0.5, 0.6) is 0 Å². The number of rotatable bonds is 0. The number of hydrogen-bond donors (Lipinski definition) is 1. The fourth-order valence-corrected chi connectivity index (χ4v) is 0.523. The zero-order valence-corrected chi connectivity index (χ0v) is 5.16. The van der Waals surface area contributed by atoms with Gasteiger partial charge in [0, 0.05) is 19.4 Å². The van der Waals surface area contributed by atoms with Gasteiger partial charge in [-0.05, 0) is 12.2 Å². The quantitative estimate of drug-likeness (QED) is 0.505. The second-order valence-electron chi connectivity index (χ2n) is 1.76. The normalized spacial score (nSPS) is 17.4. The molecular weight excluding hydrogens is 116 g/mol. The van der Waals surface area contributed by atoms with Crippen LogP contribution in [0.15, 0.2) is 24.6 Å². The van der Waals surface area contributed by atoms with E-state index in [1.54, 1.807) is 31.6 Å². The lowest BCUT2D eigenvalue weighted by Crippen LogP contribution is -2.29. The van der Waals surface area contributed by atoms with E-state index < -0.39 is 0 Å². The predicted molar refractivity (Wildman–Crippen MR) is 34.6 cm³/mol. The van der Waals surface area contributed by atoms with Gasteiger partial charge in [-0.25, -0.2) is 4.79 Å². The van der Waals surface area contributed by atoms with Crippen molar-refractivity contribution in [1.29, 1.82) is 0 Å². The average molecular weight is 124 g/mol. The van der Waals surface area contributed by atoms with Gasteiger partial charge in [-0.3, -0.25) is 0 Å². The maximum atomic E-state index is 10.7. The SMILES string of the molecule is CN1C=CC=CNC1=O. The molecule has 0 unspecified atom stereocenters. The summed E-state index contributed by atoms with van der Waals surface area (Å²) >= 11 is 0. The van der Waals surface area contributed by atoms with E-state index in [4.69, 9.17) is 0 Å². The van der Waals surface area contributed by atoms with Gasteiger partial charge in [0.1, 0.15) is 0 Å². The minimum absolute atomic E-state index is 0.111. The molecule has 3 nitrogen and oxygen atoms in total. The Bertz CT molecular complexity index is 172. The Morgan fingerprint density at radius 1 is 1.56 bits per heavy atom. The molecule has 1 aliphatic rings. The summed E-state index contributed by atoms with van der Waals surface area (Å²) in [5.41, 5.74) is 0. The van der Waals surface area contributed by atoms with E-state index in [0.717, 1.165) is 0 Å². The Kier molecular flexibility index (Phi) is 1.53. The molecule has 1 aliphatic heterocycles. The molecule has 0 atom stereocenters. The Morgan fingerprint density at radius 2 is 2.33 bits per heavy atom. The average Bonchev–Trinajstić information content (AvgIpc) is 1.99. The molecule has 9 heavy (non-hydrogen) atoms. The van der Waals surface area contributed by atoms with Gasteiger partial charge in [-0.1, -0.05) is 0 Å². The van der Waals surface area contributed by atoms with Gasteiger partial charge in [-0.2, -0.15) is 0 Å². The van der Waals surface area contributed by atoms with Crippen LogP contribution in [0.4, 0.5) is 4.79 Å². The van der Waals surface area contributed by atoms with Crippen molar-refractivity contribution >= 4 is 6.03 Å². The second-order valence-corrected chi connectivity index (χ2v) is 1.76. The van der Waals surface area contributed by atoms with E-state index in [0.29, 0.717) is 0 Å². The van der Waals surface area contributed by atoms with Crippen molar-refractivity contribution in [2.24, 2.45) is 0 Å². The van der Waals surface area contributed by atoms with Crippen molar-refractivity contribution in [3.8, 4) is 0 Å². The lowest BCUT2D eigenvalue weighted by Gasteiger charge is -2.07. The van der Waals surface area contributed by atoms with E-state index in [9.17, 15) is 4.79 Å². The molecule has 1 heterocycles. The van der Waals surface area contributed by atoms with E-state index in [2.05, 4.69) is 5.32 Å². The molecule has 48 valence electrons. The molecule has 0 aromatic rings. The summed E-state index contributed by atoms with van der Waals surface area (Å²) in [6.07, 6.45) is 6.85. The van der Waals surface area contributed by atoms with Crippen LogP contribution in [0, 0.1) is 0 Å². The van der Waals surface area contributed by atoms with Crippen molar-refractivity contribution in [2.75, 3.05) is 7.05 Å². The van der Waals surface area contributed by atoms with Gasteiger partial charge in [0.2, 0.25) is 0 Å². The zero-order chi connectivity index (χ0) is 6.69. The lowest BCUT2D eigenvalue weighted by atomic mass is 10.6. The molecule has 2 amide bonds. The van der Waals surface area contributed by atoms with Gasteiger partial charge < -0.3 is 10.2 Å². The molecule has 0 saturated heterocycles. The number of urea groups is 1. The van der Waals surface area contributed by atoms with Crippen molar-refractivity contribution in [1.82, 2.24) is 10.2 Å². The highest BCUT2D eigenvalue weighted by atomic mass is 16.2. The van der Waals surface area contributed by atoms with E-state index in [1.807, 2.05) is 0 Å². The first-order valence-corrected chi connectivity index (χ1v) is 2.67. The van der Waals surface area contributed by atoms with Crippen LogP contribution in [0.25, 0.3) is 0 Å². The van der Waals surface area contributed by atoms with Crippen molar-refractivity contribution in [2.45, 2.75) is 0 Å². The van der Waals surface area contributed by atoms with Crippen LogP contribution in [-0.2, 0) is 0 Å². The van der Waals surface area contributed by atoms with E-state index >= 15 is 0 Å². The zero-order valence-electron chi connectivity index (χ0n) is 5.16. The first-order valence-electron chi connectivity index (χ1n) is 2.67. The van der Waals surface area contributed by atoms with Crippen LogP contribution >= 0.6 is 0 Å². The van der Waals surface area contributed by atoms with Gasteiger partial charge in [0.25, 0.3) is 0 Å². The maximum absolute atomic E-state index is 10.7. The monoisotopic (exact) mass is 124 g/mol. The largest absolute Gasteiger partial charge is 0.325 e. The molecule has 0 aromatic carbocycles. The van der Waals surface area contributed by atoms with Gasteiger partial charge >= 0.3 is 6.03 Å². The van der Waals surface area contributed by atoms with Crippen LogP contribution in [-0.4, -0.2) is 18.0 Å². The summed E-state index contributed by atoms with van der Waals surface area (Å²) in [7, 11) is 1.69. The highest BCUT2D eigenvalue weighted by Crippen LogP contribution is 1.90. The Labute approximate surface area is 53.7 Å². The highest BCUT2D eigenvalue weighted by molar-refractivity contribution is 5.76. The summed E-state index contributed by atoms with van der Waals surface area (Å²) in [6, 6.07) is -0.111. The van der Waals surface area contributed by atoms with E-state index in [1.165, 1.54) is 4.90 Å². The first kappa shape index (κ1) is 5.88. The molecule has 0 aromatic heterocycles. The topological polar surface area (TPSA) is 32.3 Å². The van der Waals surface area contributed by atoms with Gasteiger partial charge in [0.15, 0.2) is 0 Å². The number of amides is 2. The summed E-state index contributed by atoms with van der Waals surface area (Å²) in [4.78, 5) is 12.2. The van der Waals surface area contributed by atoms with Crippen LogP contribution in [0.1, 0.15) is 0 Å². The number of nitrogens with zero attached hydrogens (tertiary/aromatic N) is 1. The summed E-state index contributed by atoms with van der Waals surface area (Å²) in [5.74, 6) is 0. The standard InChI is InChI=1S/C6H8N2O/c1-8-5-3-2-4-7-6(8)9/h2-5H,1H3,(H,7,9). The highest BCUT2D eigenvalue weighted by Gasteiger charge is 2.01. The number of carbonyl (C=O) groups excluding carboxylic acids is 1. The second kappa shape index (κ2) is 2.35. The molecule has 0 fully saturated rings. The third-order valence-corrected chi connectivity index (χ3v) is 1.04. The fraction of sp³-hybridized carbons (Fsp3) is 0.167. The number of nitrogens with one attached hydrogen (secondary N) is 1.